The maximum Gasteiger partial charge on any atom is 0.261 e. The monoisotopic (exact) mass is 392 g/mol. The molecule has 2 aromatic rings. The summed E-state index contributed by atoms with van der Waals surface area (Å²) in [5.74, 6) is -0.159. The van der Waals surface area contributed by atoms with Crippen LogP contribution in [0.1, 0.15) is 37.0 Å². The highest BCUT2D eigenvalue weighted by Gasteiger charge is 2.15. The molecule has 0 aliphatic rings. The van der Waals surface area contributed by atoms with Crippen molar-refractivity contribution in [3.63, 3.8) is 0 Å². The molecule has 0 radical (unpaired) electrons. The smallest absolute Gasteiger partial charge is 0.261 e. The highest BCUT2D eigenvalue weighted by Crippen LogP contribution is 2.20. The molecule has 0 saturated heterocycles. The zero-order valence-corrected chi connectivity index (χ0v) is 16.8. The molecule has 7 heteroatoms. The molecule has 1 atom stereocenters. The van der Waals surface area contributed by atoms with Gasteiger partial charge < -0.3 is 5.32 Å². The first-order chi connectivity index (χ1) is 12.4. The third-order valence-electron chi connectivity index (χ3n) is 3.87. The van der Waals surface area contributed by atoms with Crippen molar-refractivity contribution in [3.8, 4) is 0 Å². The SMILES string of the molecule is CCC[C@H](C)NC(=O)c1ccc(NS(=O)(=O)c2ccc(SC)cc2)cc1. The Hall–Kier alpha value is -1.99. The van der Waals surface area contributed by atoms with Crippen LogP contribution in [0.25, 0.3) is 0 Å². The molecule has 0 aliphatic carbocycles. The molecular weight excluding hydrogens is 368 g/mol. The Morgan fingerprint density at radius 3 is 2.23 bits per heavy atom. The van der Waals surface area contributed by atoms with E-state index >= 15 is 0 Å². The Bertz CT molecular complexity index is 832. The van der Waals surface area contributed by atoms with Gasteiger partial charge in [0.1, 0.15) is 0 Å². The van der Waals surface area contributed by atoms with E-state index in [1.54, 1.807) is 60.3 Å². The number of benzene rings is 2. The average molecular weight is 393 g/mol. The Morgan fingerprint density at radius 2 is 1.69 bits per heavy atom. The van der Waals surface area contributed by atoms with Gasteiger partial charge in [0.05, 0.1) is 4.90 Å². The van der Waals surface area contributed by atoms with Crippen molar-refractivity contribution in [2.24, 2.45) is 0 Å². The Morgan fingerprint density at radius 1 is 1.08 bits per heavy atom. The molecule has 0 heterocycles. The molecule has 2 aromatic carbocycles. The summed E-state index contributed by atoms with van der Waals surface area (Å²) >= 11 is 1.55. The number of rotatable bonds is 8. The van der Waals surface area contributed by atoms with Gasteiger partial charge in [-0.25, -0.2) is 8.42 Å². The Labute approximate surface area is 159 Å². The molecule has 0 spiro atoms. The highest BCUT2D eigenvalue weighted by molar-refractivity contribution is 7.98. The largest absolute Gasteiger partial charge is 0.350 e. The van der Waals surface area contributed by atoms with Crippen molar-refractivity contribution in [3.05, 3.63) is 54.1 Å². The molecule has 0 fully saturated rings. The summed E-state index contributed by atoms with van der Waals surface area (Å²) in [6, 6.07) is 13.2. The molecule has 0 unspecified atom stereocenters. The van der Waals surface area contributed by atoms with Crippen LogP contribution < -0.4 is 10.0 Å². The summed E-state index contributed by atoms with van der Waals surface area (Å²) in [5, 5.41) is 2.92. The second-order valence-electron chi connectivity index (χ2n) is 6.02. The first-order valence-electron chi connectivity index (χ1n) is 8.43. The minimum Gasteiger partial charge on any atom is -0.350 e. The van der Waals surface area contributed by atoms with Crippen LogP contribution >= 0.6 is 11.8 Å². The normalized spacial score (nSPS) is 12.4. The molecule has 2 N–H and O–H groups in total. The lowest BCUT2D eigenvalue weighted by Gasteiger charge is -2.13. The van der Waals surface area contributed by atoms with E-state index in [9.17, 15) is 13.2 Å². The summed E-state index contributed by atoms with van der Waals surface area (Å²) < 4.78 is 27.4. The van der Waals surface area contributed by atoms with Crippen LogP contribution in [0, 0.1) is 0 Å². The van der Waals surface area contributed by atoms with Gasteiger partial charge in [-0.05, 0) is 68.1 Å². The van der Waals surface area contributed by atoms with E-state index in [2.05, 4.69) is 17.0 Å². The fourth-order valence-corrected chi connectivity index (χ4v) is 3.94. The first kappa shape index (κ1) is 20.3. The van der Waals surface area contributed by atoms with Crippen LogP contribution in [0.15, 0.2) is 58.3 Å². The van der Waals surface area contributed by atoms with Crippen LogP contribution in [-0.2, 0) is 10.0 Å². The lowest BCUT2D eigenvalue weighted by atomic mass is 10.1. The highest BCUT2D eigenvalue weighted by atomic mass is 32.2. The Kier molecular flexibility index (Phi) is 7.11. The number of carbonyl (C=O) groups excluding carboxylic acids is 1. The van der Waals surface area contributed by atoms with Crippen LogP contribution in [0.4, 0.5) is 5.69 Å². The van der Waals surface area contributed by atoms with Gasteiger partial charge in [-0.15, -0.1) is 11.8 Å². The number of nitrogens with one attached hydrogen (secondary N) is 2. The molecule has 26 heavy (non-hydrogen) atoms. The molecule has 5 nitrogen and oxygen atoms in total. The second kappa shape index (κ2) is 9.09. The van der Waals surface area contributed by atoms with Gasteiger partial charge in [0.2, 0.25) is 0 Å². The van der Waals surface area contributed by atoms with E-state index in [0.29, 0.717) is 11.3 Å². The quantitative estimate of drug-likeness (QED) is 0.663. The predicted molar refractivity (Wildman–Crippen MR) is 107 cm³/mol. The number of amides is 1. The summed E-state index contributed by atoms with van der Waals surface area (Å²) in [5.41, 5.74) is 0.914. The van der Waals surface area contributed by atoms with Gasteiger partial charge in [0.15, 0.2) is 0 Å². The average Bonchev–Trinajstić information content (AvgIpc) is 2.62. The lowest BCUT2D eigenvalue weighted by molar-refractivity contribution is 0.0938. The number of sulfonamides is 1. The third-order valence-corrected chi connectivity index (χ3v) is 6.01. The van der Waals surface area contributed by atoms with E-state index in [1.165, 1.54) is 0 Å². The van der Waals surface area contributed by atoms with Crippen molar-refractivity contribution in [2.75, 3.05) is 11.0 Å². The van der Waals surface area contributed by atoms with Crippen molar-refractivity contribution in [1.29, 1.82) is 0 Å². The van der Waals surface area contributed by atoms with E-state index < -0.39 is 10.0 Å². The number of carbonyl (C=O) groups is 1. The fourth-order valence-electron chi connectivity index (χ4n) is 2.47. The van der Waals surface area contributed by atoms with Crippen LogP contribution in [0.3, 0.4) is 0 Å². The topological polar surface area (TPSA) is 75.3 Å². The zero-order valence-electron chi connectivity index (χ0n) is 15.2. The standard InChI is InChI=1S/C19H24N2O3S2/c1-4-5-14(2)20-19(22)15-6-8-16(9-7-15)21-26(23,24)18-12-10-17(25-3)11-13-18/h6-14,21H,4-5H2,1-3H3,(H,20,22)/t14-/m0/s1. The minimum absolute atomic E-state index is 0.106. The van der Waals surface area contributed by atoms with Crippen LogP contribution in [-0.4, -0.2) is 26.6 Å². The second-order valence-corrected chi connectivity index (χ2v) is 8.58. The van der Waals surface area contributed by atoms with Gasteiger partial charge in [0, 0.05) is 22.2 Å². The van der Waals surface area contributed by atoms with Gasteiger partial charge in [0.25, 0.3) is 15.9 Å². The summed E-state index contributed by atoms with van der Waals surface area (Å²) in [4.78, 5) is 13.4. The first-order valence-corrected chi connectivity index (χ1v) is 11.1. The predicted octanol–water partition coefficient (Wildman–Crippen LogP) is 4.13. The maximum absolute atomic E-state index is 12.4. The fraction of sp³-hybridized carbons (Fsp3) is 0.316. The van der Waals surface area contributed by atoms with Crippen LogP contribution in [0.5, 0.6) is 0 Å². The zero-order chi connectivity index (χ0) is 19.2. The van der Waals surface area contributed by atoms with Crippen molar-refractivity contribution in [1.82, 2.24) is 5.32 Å². The molecule has 0 saturated carbocycles. The minimum atomic E-state index is -3.66. The summed E-state index contributed by atoms with van der Waals surface area (Å²) in [6.45, 7) is 4.03. The molecule has 1 amide bonds. The molecule has 0 aromatic heterocycles. The van der Waals surface area contributed by atoms with E-state index in [4.69, 9.17) is 0 Å². The van der Waals surface area contributed by atoms with E-state index in [-0.39, 0.29) is 16.8 Å². The van der Waals surface area contributed by atoms with Gasteiger partial charge in [-0.3, -0.25) is 9.52 Å². The van der Waals surface area contributed by atoms with Crippen LogP contribution in [0.2, 0.25) is 0 Å². The van der Waals surface area contributed by atoms with E-state index in [0.717, 1.165) is 17.7 Å². The molecule has 2 rings (SSSR count). The number of hydrogen-bond donors (Lipinski definition) is 2. The van der Waals surface area contributed by atoms with E-state index in [1.807, 2.05) is 13.2 Å². The summed E-state index contributed by atoms with van der Waals surface area (Å²) in [6.07, 6.45) is 3.85. The molecule has 140 valence electrons. The van der Waals surface area contributed by atoms with Gasteiger partial charge in [-0.1, -0.05) is 13.3 Å². The number of hydrogen-bond acceptors (Lipinski definition) is 4. The van der Waals surface area contributed by atoms with Gasteiger partial charge >= 0.3 is 0 Å². The molecule has 0 aliphatic heterocycles. The number of thioether (sulfide) groups is 1. The number of anilines is 1. The van der Waals surface area contributed by atoms with Crippen molar-refractivity contribution in [2.45, 2.75) is 42.5 Å². The lowest BCUT2D eigenvalue weighted by Crippen LogP contribution is -2.32. The maximum atomic E-state index is 12.4. The van der Waals surface area contributed by atoms with Crippen molar-refractivity contribution < 1.29 is 13.2 Å². The Balaban J connectivity index is 2.06. The third kappa shape index (κ3) is 5.51. The van der Waals surface area contributed by atoms with Gasteiger partial charge in [-0.2, -0.15) is 0 Å². The molecular formula is C19H24N2O3S2. The van der Waals surface area contributed by atoms with Crippen molar-refractivity contribution >= 4 is 33.4 Å². The summed E-state index contributed by atoms with van der Waals surface area (Å²) in [7, 11) is -3.66. The molecule has 0 bridgehead atoms.